The fraction of sp³-hybridized carbons (Fsp3) is 0.556. The van der Waals surface area contributed by atoms with Crippen LogP contribution in [0.25, 0.3) is 0 Å². The molecule has 1 amide bonds. The Hall–Kier alpha value is -0.940. The van der Waals surface area contributed by atoms with E-state index in [1.807, 2.05) is 12.3 Å². The van der Waals surface area contributed by atoms with Gasteiger partial charge in [0.05, 0.1) is 5.60 Å². The molecule has 1 rings (SSSR count). The van der Waals surface area contributed by atoms with Gasteiger partial charge in [-0.2, -0.15) is 0 Å². The standard InChI is InChI=1S/C9H14N2O2S/c1-6-4-14-8(11-6)7(12)10-5-9(2,3)13/h4,13H,5H2,1-3H3,(H,10,12). The summed E-state index contributed by atoms with van der Waals surface area (Å²) in [5, 5.41) is 14.3. The van der Waals surface area contributed by atoms with Gasteiger partial charge in [-0.3, -0.25) is 4.79 Å². The Balaban J connectivity index is 2.52. The summed E-state index contributed by atoms with van der Waals surface area (Å²) >= 11 is 1.30. The highest BCUT2D eigenvalue weighted by Gasteiger charge is 2.16. The summed E-state index contributed by atoms with van der Waals surface area (Å²) in [6.45, 7) is 5.34. The number of aliphatic hydroxyl groups is 1. The number of nitrogens with one attached hydrogen (secondary N) is 1. The second kappa shape index (κ2) is 4.06. The zero-order valence-corrected chi connectivity index (χ0v) is 9.31. The maximum atomic E-state index is 11.4. The molecule has 0 spiro atoms. The Morgan fingerprint density at radius 2 is 2.36 bits per heavy atom. The molecule has 0 unspecified atom stereocenters. The van der Waals surface area contributed by atoms with Gasteiger partial charge in [-0.15, -0.1) is 11.3 Å². The van der Waals surface area contributed by atoms with E-state index in [0.717, 1.165) is 5.69 Å². The lowest BCUT2D eigenvalue weighted by atomic mass is 10.1. The van der Waals surface area contributed by atoms with Crippen LogP contribution in [-0.2, 0) is 0 Å². The van der Waals surface area contributed by atoms with Gasteiger partial charge in [-0.05, 0) is 20.8 Å². The van der Waals surface area contributed by atoms with E-state index in [9.17, 15) is 9.90 Å². The largest absolute Gasteiger partial charge is 0.389 e. The van der Waals surface area contributed by atoms with Crippen LogP contribution in [-0.4, -0.2) is 28.1 Å². The van der Waals surface area contributed by atoms with Crippen molar-refractivity contribution in [2.75, 3.05) is 6.54 Å². The summed E-state index contributed by atoms with van der Waals surface area (Å²) < 4.78 is 0. The highest BCUT2D eigenvalue weighted by atomic mass is 32.1. The number of hydrogen-bond donors (Lipinski definition) is 2. The molecule has 0 bridgehead atoms. The molecule has 5 heteroatoms. The first-order chi connectivity index (χ1) is 6.38. The number of carbonyl (C=O) groups excluding carboxylic acids is 1. The molecule has 1 aromatic rings. The Bertz CT molecular complexity index is 328. The summed E-state index contributed by atoms with van der Waals surface area (Å²) in [5.41, 5.74) is -0.0505. The first-order valence-electron chi connectivity index (χ1n) is 4.31. The molecule has 0 aliphatic rings. The minimum absolute atomic E-state index is 0.227. The van der Waals surface area contributed by atoms with Crippen molar-refractivity contribution < 1.29 is 9.90 Å². The van der Waals surface area contributed by atoms with Gasteiger partial charge in [0.1, 0.15) is 0 Å². The normalized spacial score (nSPS) is 11.4. The summed E-state index contributed by atoms with van der Waals surface area (Å²) in [4.78, 5) is 15.5. The molecule has 4 nitrogen and oxygen atoms in total. The molecule has 0 radical (unpaired) electrons. The number of nitrogens with zero attached hydrogens (tertiary/aromatic N) is 1. The smallest absolute Gasteiger partial charge is 0.280 e. The van der Waals surface area contributed by atoms with Crippen LogP contribution in [0, 0.1) is 6.92 Å². The maximum Gasteiger partial charge on any atom is 0.280 e. The van der Waals surface area contributed by atoms with Gasteiger partial charge in [-0.25, -0.2) is 4.98 Å². The summed E-state index contributed by atoms with van der Waals surface area (Å²) in [7, 11) is 0. The molecule has 0 aliphatic carbocycles. The van der Waals surface area contributed by atoms with Crippen LogP contribution in [0.2, 0.25) is 0 Å². The van der Waals surface area contributed by atoms with Crippen molar-refractivity contribution in [3.05, 3.63) is 16.1 Å². The SMILES string of the molecule is Cc1csc(C(=O)NCC(C)(C)O)n1. The van der Waals surface area contributed by atoms with Gasteiger partial charge >= 0.3 is 0 Å². The van der Waals surface area contributed by atoms with E-state index in [4.69, 9.17) is 0 Å². The lowest BCUT2D eigenvalue weighted by Crippen LogP contribution is -2.38. The molecular formula is C9H14N2O2S. The van der Waals surface area contributed by atoms with Crippen molar-refractivity contribution in [3.63, 3.8) is 0 Å². The van der Waals surface area contributed by atoms with Crippen LogP contribution in [0.15, 0.2) is 5.38 Å². The number of amides is 1. The number of rotatable bonds is 3. The highest BCUT2D eigenvalue weighted by Crippen LogP contribution is 2.08. The first kappa shape index (κ1) is 11.1. The van der Waals surface area contributed by atoms with Crippen molar-refractivity contribution in [1.29, 1.82) is 0 Å². The van der Waals surface area contributed by atoms with Crippen LogP contribution in [0.1, 0.15) is 29.3 Å². The van der Waals surface area contributed by atoms with Crippen molar-refractivity contribution in [2.45, 2.75) is 26.4 Å². The molecule has 0 saturated heterocycles. The van der Waals surface area contributed by atoms with Crippen LogP contribution in [0.3, 0.4) is 0 Å². The molecule has 0 aromatic carbocycles. The Morgan fingerprint density at radius 1 is 1.71 bits per heavy atom. The molecule has 0 atom stereocenters. The van der Waals surface area contributed by atoms with E-state index < -0.39 is 5.60 Å². The third-order valence-corrected chi connectivity index (χ3v) is 2.45. The minimum Gasteiger partial charge on any atom is -0.389 e. The predicted molar refractivity (Wildman–Crippen MR) is 55.5 cm³/mol. The third kappa shape index (κ3) is 3.43. The number of aryl methyl sites for hydroxylation is 1. The van der Waals surface area contributed by atoms with Crippen LogP contribution < -0.4 is 5.32 Å². The second-order valence-electron chi connectivity index (χ2n) is 3.79. The average Bonchev–Trinajstić information content (AvgIpc) is 2.46. The molecule has 14 heavy (non-hydrogen) atoms. The second-order valence-corrected chi connectivity index (χ2v) is 4.65. The van der Waals surface area contributed by atoms with Crippen molar-refractivity contribution >= 4 is 17.2 Å². The van der Waals surface area contributed by atoms with E-state index in [1.54, 1.807) is 13.8 Å². The van der Waals surface area contributed by atoms with Gasteiger partial charge in [-0.1, -0.05) is 0 Å². The number of carbonyl (C=O) groups is 1. The Morgan fingerprint density at radius 3 is 2.79 bits per heavy atom. The van der Waals surface area contributed by atoms with E-state index in [0.29, 0.717) is 5.01 Å². The number of thiazole rings is 1. The lowest BCUT2D eigenvalue weighted by Gasteiger charge is -2.16. The maximum absolute atomic E-state index is 11.4. The summed E-state index contributed by atoms with van der Waals surface area (Å²) in [5.74, 6) is -0.231. The quantitative estimate of drug-likeness (QED) is 0.787. The van der Waals surface area contributed by atoms with Crippen LogP contribution >= 0.6 is 11.3 Å². The summed E-state index contributed by atoms with van der Waals surface area (Å²) in [6, 6.07) is 0. The minimum atomic E-state index is -0.887. The fourth-order valence-corrected chi connectivity index (χ4v) is 1.54. The van der Waals surface area contributed by atoms with Gasteiger partial charge in [0, 0.05) is 17.6 Å². The number of hydrogen-bond acceptors (Lipinski definition) is 4. The van der Waals surface area contributed by atoms with Gasteiger partial charge < -0.3 is 10.4 Å². The molecule has 1 aromatic heterocycles. The molecule has 0 saturated carbocycles. The molecule has 0 fully saturated rings. The molecule has 2 N–H and O–H groups in total. The zero-order chi connectivity index (χ0) is 10.8. The Kier molecular flexibility index (Phi) is 3.23. The average molecular weight is 214 g/mol. The van der Waals surface area contributed by atoms with E-state index in [2.05, 4.69) is 10.3 Å². The molecule has 1 heterocycles. The monoisotopic (exact) mass is 214 g/mol. The third-order valence-electron chi connectivity index (χ3n) is 1.49. The predicted octanol–water partition coefficient (Wildman–Crippen LogP) is 0.952. The zero-order valence-electron chi connectivity index (χ0n) is 8.50. The number of aromatic nitrogens is 1. The van der Waals surface area contributed by atoms with Crippen LogP contribution in [0.5, 0.6) is 0 Å². The van der Waals surface area contributed by atoms with Gasteiger partial charge in [0.2, 0.25) is 0 Å². The topological polar surface area (TPSA) is 62.2 Å². The summed E-state index contributed by atoms with van der Waals surface area (Å²) in [6.07, 6.45) is 0. The Labute approximate surface area is 87.0 Å². The molecule has 78 valence electrons. The van der Waals surface area contributed by atoms with E-state index >= 15 is 0 Å². The van der Waals surface area contributed by atoms with Crippen molar-refractivity contribution in [3.8, 4) is 0 Å². The van der Waals surface area contributed by atoms with Crippen LogP contribution in [0.4, 0.5) is 0 Å². The fourth-order valence-electron chi connectivity index (χ4n) is 0.830. The molecule has 0 aliphatic heterocycles. The van der Waals surface area contributed by atoms with Crippen molar-refractivity contribution in [1.82, 2.24) is 10.3 Å². The lowest BCUT2D eigenvalue weighted by molar-refractivity contribution is 0.0694. The van der Waals surface area contributed by atoms with Crippen molar-refractivity contribution in [2.24, 2.45) is 0 Å². The van der Waals surface area contributed by atoms with E-state index in [1.165, 1.54) is 11.3 Å². The first-order valence-corrected chi connectivity index (χ1v) is 5.19. The highest BCUT2D eigenvalue weighted by molar-refractivity contribution is 7.11. The van der Waals surface area contributed by atoms with Gasteiger partial charge in [0.25, 0.3) is 5.91 Å². The van der Waals surface area contributed by atoms with E-state index in [-0.39, 0.29) is 12.5 Å². The van der Waals surface area contributed by atoms with Gasteiger partial charge in [0.15, 0.2) is 5.01 Å². The molecular weight excluding hydrogens is 200 g/mol.